The second-order valence-corrected chi connectivity index (χ2v) is 5.92. The SMILES string of the molecule is COc1ccc(CNc2c(Br)cccc2Br)cc1[N+](=O)[O-]. The third kappa shape index (κ3) is 3.74. The van der Waals surface area contributed by atoms with Crippen LogP contribution in [-0.4, -0.2) is 12.0 Å². The van der Waals surface area contributed by atoms with Crippen LogP contribution in [0.2, 0.25) is 0 Å². The van der Waals surface area contributed by atoms with Gasteiger partial charge in [-0.25, -0.2) is 0 Å². The Balaban J connectivity index is 2.21. The topological polar surface area (TPSA) is 64.4 Å². The number of nitro groups is 1. The van der Waals surface area contributed by atoms with Gasteiger partial charge in [-0.05, 0) is 55.6 Å². The first kappa shape index (κ1) is 15.8. The summed E-state index contributed by atoms with van der Waals surface area (Å²) in [6.45, 7) is 0.464. The fourth-order valence-corrected chi connectivity index (χ4v) is 3.12. The molecule has 21 heavy (non-hydrogen) atoms. The molecule has 5 nitrogen and oxygen atoms in total. The molecule has 0 heterocycles. The van der Waals surface area contributed by atoms with Crippen molar-refractivity contribution < 1.29 is 9.66 Å². The van der Waals surface area contributed by atoms with Crippen LogP contribution < -0.4 is 10.1 Å². The maximum atomic E-state index is 11.0. The Morgan fingerprint density at radius 3 is 2.48 bits per heavy atom. The average molecular weight is 416 g/mol. The molecule has 0 atom stereocenters. The van der Waals surface area contributed by atoms with E-state index >= 15 is 0 Å². The normalized spacial score (nSPS) is 10.2. The predicted octanol–water partition coefficient (Wildman–Crippen LogP) is 4.74. The van der Waals surface area contributed by atoms with Crippen molar-refractivity contribution >= 4 is 43.2 Å². The molecule has 2 aromatic rings. The monoisotopic (exact) mass is 414 g/mol. The number of methoxy groups -OCH3 is 1. The number of rotatable bonds is 5. The van der Waals surface area contributed by atoms with Gasteiger partial charge >= 0.3 is 5.69 Å². The molecule has 0 amide bonds. The lowest BCUT2D eigenvalue weighted by molar-refractivity contribution is -0.385. The number of hydrogen-bond acceptors (Lipinski definition) is 4. The minimum absolute atomic E-state index is 0.0389. The molecule has 110 valence electrons. The van der Waals surface area contributed by atoms with E-state index in [1.54, 1.807) is 12.1 Å². The molecule has 2 aromatic carbocycles. The van der Waals surface area contributed by atoms with Crippen molar-refractivity contribution in [1.29, 1.82) is 0 Å². The van der Waals surface area contributed by atoms with Gasteiger partial charge in [0.25, 0.3) is 0 Å². The van der Waals surface area contributed by atoms with Gasteiger partial charge in [0.15, 0.2) is 5.75 Å². The van der Waals surface area contributed by atoms with Crippen molar-refractivity contribution in [2.24, 2.45) is 0 Å². The minimum Gasteiger partial charge on any atom is -0.490 e. The highest BCUT2D eigenvalue weighted by Crippen LogP contribution is 2.32. The summed E-state index contributed by atoms with van der Waals surface area (Å²) in [6, 6.07) is 10.7. The van der Waals surface area contributed by atoms with Crippen LogP contribution in [0, 0.1) is 10.1 Å². The van der Waals surface area contributed by atoms with Crippen LogP contribution in [-0.2, 0) is 6.54 Å². The van der Waals surface area contributed by atoms with E-state index in [1.807, 2.05) is 18.2 Å². The smallest absolute Gasteiger partial charge is 0.311 e. The second kappa shape index (κ2) is 6.91. The number of nitrogens with one attached hydrogen (secondary N) is 1. The summed E-state index contributed by atoms with van der Waals surface area (Å²) in [5.74, 6) is 0.255. The summed E-state index contributed by atoms with van der Waals surface area (Å²) in [7, 11) is 1.42. The highest BCUT2D eigenvalue weighted by atomic mass is 79.9. The summed E-state index contributed by atoms with van der Waals surface area (Å²) in [5, 5.41) is 14.2. The Labute approximate surface area is 138 Å². The maximum absolute atomic E-state index is 11.0. The number of ether oxygens (including phenoxy) is 1. The van der Waals surface area contributed by atoms with E-state index in [9.17, 15) is 10.1 Å². The Morgan fingerprint density at radius 2 is 1.90 bits per heavy atom. The largest absolute Gasteiger partial charge is 0.490 e. The number of benzene rings is 2. The van der Waals surface area contributed by atoms with Crippen LogP contribution in [0.3, 0.4) is 0 Å². The van der Waals surface area contributed by atoms with Gasteiger partial charge in [0.05, 0.1) is 17.7 Å². The Kier molecular flexibility index (Phi) is 5.19. The number of anilines is 1. The summed E-state index contributed by atoms with van der Waals surface area (Å²) >= 11 is 6.92. The molecule has 2 rings (SSSR count). The molecule has 0 aliphatic heterocycles. The van der Waals surface area contributed by atoms with Crippen LogP contribution in [0.25, 0.3) is 0 Å². The molecule has 0 unspecified atom stereocenters. The van der Waals surface area contributed by atoms with E-state index < -0.39 is 4.92 Å². The van der Waals surface area contributed by atoms with Crippen LogP contribution in [0.15, 0.2) is 45.3 Å². The quantitative estimate of drug-likeness (QED) is 0.565. The first-order chi connectivity index (χ1) is 10.0. The predicted molar refractivity (Wildman–Crippen MR) is 88.8 cm³/mol. The molecular formula is C14H12Br2N2O3. The maximum Gasteiger partial charge on any atom is 0.311 e. The van der Waals surface area contributed by atoms with Gasteiger partial charge in [-0.1, -0.05) is 12.1 Å². The fraction of sp³-hybridized carbons (Fsp3) is 0.143. The van der Waals surface area contributed by atoms with Gasteiger partial charge in [-0.3, -0.25) is 10.1 Å². The van der Waals surface area contributed by atoms with E-state index in [0.717, 1.165) is 20.2 Å². The molecule has 0 spiro atoms. The zero-order chi connectivity index (χ0) is 15.4. The molecule has 7 heteroatoms. The van der Waals surface area contributed by atoms with E-state index in [-0.39, 0.29) is 11.4 Å². The van der Waals surface area contributed by atoms with Gasteiger partial charge in [-0.15, -0.1) is 0 Å². The Morgan fingerprint density at radius 1 is 1.24 bits per heavy atom. The van der Waals surface area contributed by atoms with Crippen LogP contribution in [0.5, 0.6) is 5.75 Å². The van der Waals surface area contributed by atoms with E-state index in [2.05, 4.69) is 37.2 Å². The van der Waals surface area contributed by atoms with Crippen molar-refractivity contribution in [3.63, 3.8) is 0 Å². The highest BCUT2D eigenvalue weighted by molar-refractivity contribution is 9.11. The van der Waals surface area contributed by atoms with Gasteiger partial charge in [0, 0.05) is 21.6 Å². The molecule has 0 radical (unpaired) electrons. The fourth-order valence-electron chi connectivity index (χ4n) is 1.85. The molecule has 0 saturated heterocycles. The number of halogens is 2. The number of nitro benzene ring substituents is 1. The zero-order valence-corrected chi connectivity index (χ0v) is 14.3. The number of para-hydroxylation sites is 1. The van der Waals surface area contributed by atoms with E-state index in [1.165, 1.54) is 13.2 Å². The van der Waals surface area contributed by atoms with Gasteiger partial charge in [0.2, 0.25) is 0 Å². The van der Waals surface area contributed by atoms with Crippen molar-refractivity contribution in [3.8, 4) is 5.75 Å². The molecule has 0 fully saturated rings. The lowest BCUT2D eigenvalue weighted by Gasteiger charge is -2.11. The molecule has 0 bridgehead atoms. The first-order valence-corrected chi connectivity index (χ1v) is 7.60. The molecule has 0 saturated carbocycles. The molecule has 1 N–H and O–H groups in total. The number of nitrogens with zero attached hydrogens (tertiary/aromatic N) is 1. The lowest BCUT2D eigenvalue weighted by Crippen LogP contribution is -2.02. The van der Waals surface area contributed by atoms with Crippen LogP contribution in [0.4, 0.5) is 11.4 Å². The van der Waals surface area contributed by atoms with E-state index in [0.29, 0.717) is 6.54 Å². The zero-order valence-electron chi connectivity index (χ0n) is 11.1. The van der Waals surface area contributed by atoms with Crippen LogP contribution >= 0.6 is 31.9 Å². The first-order valence-electron chi connectivity index (χ1n) is 6.02. The molecule has 0 aliphatic rings. The van der Waals surface area contributed by atoms with Gasteiger partial charge in [-0.2, -0.15) is 0 Å². The lowest BCUT2D eigenvalue weighted by atomic mass is 10.2. The highest BCUT2D eigenvalue weighted by Gasteiger charge is 2.15. The second-order valence-electron chi connectivity index (χ2n) is 4.21. The van der Waals surface area contributed by atoms with Crippen LogP contribution in [0.1, 0.15) is 5.56 Å². The van der Waals surface area contributed by atoms with Crippen molar-refractivity contribution in [1.82, 2.24) is 0 Å². The van der Waals surface area contributed by atoms with Crippen molar-refractivity contribution in [3.05, 3.63) is 61.0 Å². The summed E-state index contributed by atoms with van der Waals surface area (Å²) < 4.78 is 6.82. The summed E-state index contributed by atoms with van der Waals surface area (Å²) in [5.41, 5.74) is 1.66. The molecule has 0 aliphatic carbocycles. The van der Waals surface area contributed by atoms with Crippen molar-refractivity contribution in [2.75, 3.05) is 12.4 Å². The van der Waals surface area contributed by atoms with Gasteiger partial charge < -0.3 is 10.1 Å². The third-order valence-corrected chi connectivity index (χ3v) is 4.19. The Bertz CT molecular complexity index is 657. The number of hydrogen-bond donors (Lipinski definition) is 1. The standard InChI is InChI=1S/C14H12Br2N2O3/c1-21-13-6-5-9(7-12(13)18(19)20)8-17-14-10(15)3-2-4-11(14)16/h2-7,17H,8H2,1H3. The summed E-state index contributed by atoms with van der Waals surface area (Å²) in [4.78, 5) is 10.6. The molecule has 0 aromatic heterocycles. The summed E-state index contributed by atoms with van der Waals surface area (Å²) in [6.07, 6.45) is 0. The third-order valence-electron chi connectivity index (χ3n) is 2.87. The van der Waals surface area contributed by atoms with E-state index in [4.69, 9.17) is 4.74 Å². The van der Waals surface area contributed by atoms with Crippen molar-refractivity contribution in [2.45, 2.75) is 6.54 Å². The molecular weight excluding hydrogens is 404 g/mol. The Hall–Kier alpha value is -1.60. The van der Waals surface area contributed by atoms with Gasteiger partial charge in [0.1, 0.15) is 0 Å². The minimum atomic E-state index is -0.448. The average Bonchev–Trinajstić information content (AvgIpc) is 2.46.